The van der Waals surface area contributed by atoms with Gasteiger partial charge in [0.2, 0.25) is 5.91 Å². The maximum Gasteiger partial charge on any atom is 0.407 e. The van der Waals surface area contributed by atoms with Crippen molar-refractivity contribution in [1.82, 2.24) is 16.0 Å². The number of carbonyl (C=O) groups excluding carboxylic acids is 9. The molecular weight excluding hydrogens is 1910 g/mol. The summed E-state index contributed by atoms with van der Waals surface area (Å²) < 4.78 is 43.2. The Morgan fingerprint density at radius 3 is 1.04 bits per heavy atom. The summed E-state index contributed by atoms with van der Waals surface area (Å²) in [6, 6.07) is 32.4. The zero-order valence-corrected chi connectivity index (χ0v) is 88.7. The molecule has 3 atom stereocenters. The van der Waals surface area contributed by atoms with Gasteiger partial charge in [0.15, 0.2) is 5.78 Å². The fourth-order valence-corrected chi connectivity index (χ4v) is 17.0. The molecule has 3 amide bonds. The lowest BCUT2D eigenvalue weighted by Crippen LogP contribution is -2.40. The van der Waals surface area contributed by atoms with Crippen LogP contribution in [0.15, 0.2) is 97.1 Å². The highest BCUT2D eigenvalue weighted by atomic mass is 79.9. The predicted molar refractivity (Wildman–Crippen MR) is 573 cm³/mol. The first-order chi connectivity index (χ1) is 67.2. The van der Waals surface area contributed by atoms with Crippen LogP contribution in [0.1, 0.15) is 399 Å². The summed E-state index contributed by atoms with van der Waals surface area (Å²) >= 11 is 6.07. The van der Waals surface area contributed by atoms with Crippen molar-refractivity contribution in [1.29, 1.82) is 0 Å². The van der Waals surface area contributed by atoms with Gasteiger partial charge in [0.05, 0.1) is 89.8 Å². The minimum Gasteiger partial charge on any atom is -0.481 e. The van der Waals surface area contributed by atoms with Crippen molar-refractivity contribution in [3.05, 3.63) is 119 Å². The van der Waals surface area contributed by atoms with Crippen molar-refractivity contribution >= 4 is 96.6 Å². The maximum absolute atomic E-state index is 12.4. The molecule has 0 heterocycles. The molecule has 4 aromatic carbocycles. The zero-order valence-electron chi connectivity index (χ0n) is 85.5. The third-order valence-electron chi connectivity index (χ3n) is 24.7. The number of amides is 3. The second-order valence-electron chi connectivity index (χ2n) is 36.3. The lowest BCUT2D eigenvalue weighted by atomic mass is 9.91. The Bertz CT molecular complexity index is 3790. The van der Waals surface area contributed by atoms with Crippen LogP contribution in [0.3, 0.4) is 0 Å². The molecule has 5 N–H and O–H groups in total. The maximum atomic E-state index is 12.4. The predicted octanol–water partition coefficient (Wildman–Crippen LogP) is 26.9. The number of ketones is 6. The van der Waals surface area contributed by atoms with Crippen LogP contribution < -0.4 is 16.0 Å². The van der Waals surface area contributed by atoms with E-state index in [1.165, 1.54) is 193 Å². The van der Waals surface area contributed by atoms with Gasteiger partial charge in [-0.1, -0.05) is 371 Å². The van der Waals surface area contributed by atoms with Gasteiger partial charge in [0.25, 0.3) is 0 Å². The highest BCUT2D eigenvalue weighted by molar-refractivity contribution is 9.09. The Morgan fingerprint density at radius 2 is 0.650 bits per heavy atom. The van der Waals surface area contributed by atoms with Gasteiger partial charge in [0, 0.05) is 95.4 Å². The summed E-state index contributed by atoms with van der Waals surface area (Å²) in [5, 5.41) is 26.7. The monoisotopic (exact) mass is 2090 g/mol. The van der Waals surface area contributed by atoms with E-state index >= 15 is 0 Å². The van der Waals surface area contributed by atoms with Gasteiger partial charge >= 0.3 is 24.1 Å². The van der Waals surface area contributed by atoms with E-state index in [1.807, 2.05) is 54.4 Å². The number of ether oxygens (including phenoxy) is 8. The van der Waals surface area contributed by atoms with Crippen LogP contribution in [0.25, 0.3) is 22.3 Å². The number of hydrogen-bond donors (Lipinski definition) is 5. The number of rotatable bonds is 83. The van der Waals surface area contributed by atoms with E-state index in [0.29, 0.717) is 167 Å². The molecule has 6 rings (SSSR count). The third-order valence-corrected chi connectivity index (χ3v) is 25.4. The number of halogens is 2. The van der Waals surface area contributed by atoms with Crippen LogP contribution in [0.2, 0.25) is 0 Å². The first-order valence-electron chi connectivity index (χ1n) is 52.6. The number of alkyl halides is 2. The van der Waals surface area contributed by atoms with E-state index in [9.17, 15) is 57.8 Å². The topological polar surface area (TPSA) is 338 Å². The fraction of sp³-hybridized carbons (Fsp3) is 0.693. The van der Waals surface area contributed by atoms with Crippen molar-refractivity contribution < 1.29 is 101 Å². The van der Waals surface area contributed by atoms with Gasteiger partial charge in [-0.25, -0.2) is 9.59 Å². The first kappa shape index (κ1) is 133. The second-order valence-corrected chi connectivity index (χ2v) is 36.8. The molecule has 26 heteroatoms. The Kier molecular flexibility index (Phi) is 86.6. The second kappa shape index (κ2) is 91.5. The number of carboxylic acids is 2. The molecule has 140 heavy (non-hydrogen) atoms. The number of hydrogen-bond acceptors (Lipinski definition) is 19. The van der Waals surface area contributed by atoms with E-state index in [4.69, 9.17) is 43.0 Å². The molecule has 2 aliphatic rings. The van der Waals surface area contributed by atoms with E-state index in [-0.39, 0.29) is 113 Å². The average molecular weight is 2090 g/mol. The van der Waals surface area contributed by atoms with Crippen LogP contribution in [0, 0.1) is 11.8 Å². The molecule has 0 aromatic heterocycles. The summed E-state index contributed by atoms with van der Waals surface area (Å²) in [4.78, 5) is 130. The largest absolute Gasteiger partial charge is 0.481 e. The quantitative estimate of drug-likeness (QED) is 0.0202. The number of aliphatic carboxylic acids is 2. The first-order valence-corrected chi connectivity index (χ1v) is 55.3. The van der Waals surface area contributed by atoms with E-state index < -0.39 is 36.1 Å². The Balaban J connectivity index is 0.00000191. The highest BCUT2D eigenvalue weighted by Crippen LogP contribution is 2.46. The van der Waals surface area contributed by atoms with Crippen LogP contribution in [0.4, 0.5) is 9.59 Å². The summed E-state index contributed by atoms with van der Waals surface area (Å²) in [6.45, 7) is 17.7. The molecule has 2 aliphatic carbocycles. The highest BCUT2D eigenvalue weighted by Gasteiger charge is 2.32. The molecule has 0 bridgehead atoms. The minimum atomic E-state index is -0.921. The van der Waals surface area contributed by atoms with E-state index in [0.717, 1.165) is 70.6 Å². The van der Waals surface area contributed by atoms with Gasteiger partial charge in [0.1, 0.15) is 42.1 Å². The molecule has 0 aliphatic heterocycles. The fourth-order valence-electron chi connectivity index (χ4n) is 16.7. The van der Waals surface area contributed by atoms with Gasteiger partial charge < -0.3 is 64.1 Å². The molecule has 0 unspecified atom stereocenters. The van der Waals surface area contributed by atoms with Crippen LogP contribution in [-0.4, -0.2) is 198 Å². The number of fused-ring (bicyclic) bond motifs is 6. The minimum absolute atomic E-state index is 0. The third kappa shape index (κ3) is 67.2. The summed E-state index contributed by atoms with van der Waals surface area (Å²) in [6.07, 6.45) is 46.8. The summed E-state index contributed by atoms with van der Waals surface area (Å²) in [5.74, 6) is 0.0542. The normalized spacial score (nSPS) is 12.0. The van der Waals surface area contributed by atoms with Crippen LogP contribution >= 0.6 is 31.9 Å². The van der Waals surface area contributed by atoms with E-state index in [1.54, 1.807) is 6.92 Å². The Morgan fingerprint density at radius 1 is 0.321 bits per heavy atom. The zero-order chi connectivity index (χ0) is 101. The van der Waals surface area contributed by atoms with Gasteiger partial charge in [-0.3, -0.25) is 43.2 Å². The van der Waals surface area contributed by atoms with Crippen molar-refractivity contribution in [2.75, 3.05) is 117 Å². The van der Waals surface area contributed by atoms with Crippen molar-refractivity contribution in [2.45, 2.75) is 382 Å². The average Bonchev–Trinajstić information content (AvgIpc) is 1.62. The molecule has 0 spiro atoms. The van der Waals surface area contributed by atoms with Gasteiger partial charge in [-0.15, -0.1) is 0 Å². The molecule has 0 fully saturated rings. The number of unbranched alkanes of at least 4 members (excludes halogenated alkanes) is 29. The van der Waals surface area contributed by atoms with Gasteiger partial charge in [-0.2, -0.15) is 0 Å². The number of Topliss-reactive ketones (excluding diaryl/α,β-unsaturated/α-hetero) is 6. The Hall–Kier alpha value is -7.43. The molecule has 0 saturated heterocycles. The molecule has 4 aromatic rings. The van der Waals surface area contributed by atoms with Crippen LogP contribution in [0.5, 0.6) is 0 Å². The van der Waals surface area contributed by atoms with Crippen LogP contribution in [-0.2, 0) is 81.0 Å². The van der Waals surface area contributed by atoms with Gasteiger partial charge in [-0.05, 0) is 116 Å². The number of alkyl carbamates (subject to hydrolysis) is 2. The van der Waals surface area contributed by atoms with E-state index in [2.05, 4.69) is 124 Å². The number of nitrogens with one attached hydrogen (secondary N) is 3. The molecule has 0 radical (unpaired) electrons. The smallest absolute Gasteiger partial charge is 0.407 e. The van der Waals surface area contributed by atoms with Crippen molar-refractivity contribution in [3.8, 4) is 22.3 Å². The lowest BCUT2D eigenvalue weighted by Gasteiger charge is -2.18. The standard InChI is InChI=1S/C41H74BrNO10.C25H48O2.C23H27NO3.C22H25NO6.CH3Br.2CH4/c1-2-3-4-5-6-7-8-9-10-11-12-13-14-20-38(45)34-36(41(48)49)19-15-16-25-43-40(47)24-29-53-33-31-50-26-17-21-37(44)23-28-52-32-30-51-27-18-22-39(46)35-42;1-4-6-8-9-10-11-12-13-14-15-16-17-19-21-25(27)22-24(23(3)26)20-18-7-5-2;1-3-4-5-14-22(16(2)25)24-23(26)27-15-21-19-12-8-6-10-17(19)18-11-7-9-13-20(18)21;24-21(25)9-11-27-13-14-28-12-10-23-22(26)29-15-20-18-7-3-1-5-16(18)17-6-2-4-8-19(17)20;1-2;;/h36H,2-35H2,1H3,(H,43,47)(H,48,49);24H,4-22H2,1-3H3;6-13,21-22H,3-5,14-15H2,1-2H3,(H,24,26);1-8,20H,9-15H2,(H,23,26)(H,24,25);1H3;2*1H4/t36-;24-;22-;;;;/m110..../s1. The summed E-state index contributed by atoms with van der Waals surface area (Å²) in [7, 11) is 0. The molecular formula is C114H185Br2N3O21. The number of carboxylic acid groups (broad SMARTS) is 2. The van der Waals surface area contributed by atoms with Crippen molar-refractivity contribution in [2.24, 2.45) is 11.8 Å². The SMILES string of the molecule is C.C.CBr.CCCCCCCCCCCCCCCC(=O)C[C@@H](CCCCC)C(C)=O.CCCCCCCCCCCCCCCC(=O)C[C@@H](CCCCNC(=O)CCOCCOCCCC(=O)CCOCCOCCCC(=O)CBr)C(=O)O.CCCCC[C@H](NC(=O)OCC1c2ccccc2-c2ccccc21)C(C)=O.O=C(O)CCOCCOCCNC(=O)OCC1c2ccccc2-c2ccccc21. The van der Waals surface area contributed by atoms with Crippen molar-refractivity contribution in [3.63, 3.8) is 0 Å². The summed E-state index contributed by atoms with van der Waals surface area (Å²) in [5.41, 5.74) is 9.48. The lowest BCUT2D eigenvalue weighted by molar-refractivity contribution is -0.144. The molecule has 0 saturated carbocycles. The molecule has 796 valence electrons. The number of carbonyl (C=O) groups is 11. The number of benzene rings is 4. The Labute approximate surface area is 860 Å². The molecule has 24 nitrogen and oxygen atoms in total.